The molecule has 86 heavy (non-hydrogen) atoms. The Morgan fingerprint density at radius 2 is 0.628 bits per heavy atom. The van der Waals surface area contributed by atoms with Gasteiger partial charge in [-0.3, -0.25) is 37.3 Å². The molecule has 0 aromatic rings. The molecule has 0 radical (unpaired) electrons. The number of hydrogen-bond donors (Lipinski definition) is 3. The van der Waals surface area contributed by atoms with Gasteiger partial charge in [0.05, 0.1) is 26.4 Å². The lowest BCUT2D eigenvalue weighted by atomic mass is 10.0. The number of esters is 4. The van der Waals surface area contributed by atoms with Crippen LogP contribution in [0.2, 0.25) is 0 Å². The monoisotopic (exact) mass is 1260 g/mol. The number of aliphatic hydroxyl groups is 1. The highest BCUT2D eigenvalue weighted by Crippen LogP contribution is 2.45. The number of unbranched alkanes of at least 4 members (excludes halogenated alkanes) is 31. The molecule has 0 saturated carbocycles. The molecule has 0 fully saturated rings. The van der Waals surface area contributed by atoms with E-state index in [0.29, 0.717) is 25.7 Å². The van der Waals surface area contributed by atoms with E-state index in [2.05, 4.69) is 65.8 Å². The standard InChI is InChI=1S/C67H126O17P2/c1-7-9-11-13-15-17-18-19-20-21-22-24-33-39-45-51-66(71)83-62(56-78-65(70)50-44-38-32-27-25-29-35-41-47-59(3)4)57-81-85(73,74)79-53-61(68)54-80-86(75,76)82-58-63(55-77-64(69)49-43-37-31-23-16-14-12-10-8-2)84-67(72)52-46-40-34-28-26-30-36-42-48-60(5)6/h17-20,59-63,68H,7-16,21-58H2,1-6H3,(H,73,74)(H,75,76)/b18-17-,20-19-/t61-,62-,63-/m1/s1. The second-order valence-corrected chi connectivity index (χ2v) is 27.4. The van der Waals surface area contributed by atoms with Gasteiger partial charge in [-0.15, -0.1) is 0 Å². The summed E-state index contributed by atoms with van der Waals surface area (Å²) >= 11 is 0. The van der Waals surface area contributed by atoms with E-state index in [1.165, 1.54) is 109 Å². The van der Waals surface area contributed by atoms with Gasteiger partial charge in [-0.05, 0) is 63.2 Å². The molecule has 0 aromatic carbocycles. The minimum absolute atomic E-state index is 0.0841. The number of aliphatic hydroxyl groups excluding tert-OH is 1. The van der Waals surface area contributed by atoms with Crippen LogP contribution in [-0.2, 0) is 65.4 Å². The van der Waals surface area contributed by atoms with Crippen molar-refractivity contribution in [3.05, 3.63) is 24.3 Å². The first-order chi connectivity index (χ1) is 41.4. The summed E-state index contributed by atoms with van der Waals surface area (Å²) < 4.78 is 68.0. The van der Waals surface area contributed by atoms with Crippen molar-refractivity contribution in [2.24, 2.45) is 11.8 Å². The zero-order valence-corrected chi connectivity index (χ0v) is 56.9. The molecular formula is C67H126O17P2. The van der Waals surface area contributed by atoms with E-state index in [9.17, 15) is 43.2 Å². The quantitative estimate of drug-likeness (QED) is 0.0169. The first-order valence-electron chi connectivity index (χ1n) is 34.3. The van der Waals surface area contributed by atoms with Gasteiger partial charge in [-0.2, -0.15) is 0 Å². The lowest BCUT2D eigenvalue weighted by molar-refractivity contribution is -0.161. The largest absolute Gasteiger partial charge is 0.472 e. The molecule has 0 rings (SSSR count). The van der Waals surface area contributed by atoms with Crippen molar-refractivity contribution in [2.45, 2.75) is 330 Å². The predicted octanol–water partition coefficient (Wildman–Crippen LogP) is 18.4. The molecule has 506 valence electrons. The van der Waals surface area contributed by atoms with Crippen molar-refractivity contribution >= 4 is 39.5 Å². The number of carbonyl (C=O) groups is 4. The van der Waals surface area contributed by atoms with Crippen LogP contribution in [0.15, 0.2) is 24.3 Å². The fraction of sp³-hybridized carbons (Fsp3) is 0.881. The second-order valence-electron chi connectivity index (χ2n) is 24.5. The summed E-state index contributed by atoms with van der Waals surface area (Å²) in [6.07, 6.45) is 45.3. The van der Waals surface area contributed by atoms with Crippen LogP contribution in [0.5, 0.6) is 0 Å². The average Bonchev–Trinajstić information content (AvgIpc) is 3.61. The molecular weight excluding hydrogens is 1140 g/mol. The molecule has 0 saturated heterocycles. The Morgan fingerprint density at radius 1 is 0.360 bits per heavy atom. The topological polar surface area (TPSA) is 237 Å². The maximum Gasteiger partial charge on any atom is 0.472 e. The molecule has 0 amide bonds. The van der Waals surface area contributed by atoms with Gasteiger partial charge in [0.2, 0.25) is 0 Å². The highest BCUT2D eigenvalue weighted by atomic mass is 31.2. The van der Waals surface area contributed by atoms with Crippen molar-refractivity contribution in [1.82, 2.24) is 0 Å². The number of hydrogen-bond acceptors (Lipinski definition) is 15. The van der Waals surface area contributed by atoms with Crippen molar-refractivity contribution in [3.63, 3.8) is 0 Å². The molecule has 2 unspecified atom stereocenters. The van der Waals surface area contributed by atoms with Gasteiger partial charge in [0.1, 0.15) is 19.3 Å². The van der Waals surface area contributed by atoms with E-state index < -0.39 is 97.5 Å². The van der Waals surface area contributed by atoms with Crippen LogP contribution in [0.3, 0.4) is 0 Å². The summed E-state index contributed by atoms with van der Waals surface area (Å²) in [6.45, 7) is 9.36. The van der Waals surface area contributed by atoms with Gasteiger partial charge >= 0.3 is 39.5 Å². The molecule has 0 aliphatic carbocycles. The van der Waals surface area contributed by atoms with Crippen molar-refractivity contribution < 1.29 is 80.2 Å². The number of allylic oxidation sites excluding steroid dienone is 4. The van der Waals surface area contributed by atoms with Crippen LogP contribution < -0.4 is 0 Å². The van der Waals surface area contributed by atoms with E-state index in [1.54, 1.807) is 0 Å². The Kier molecular flexibility index (Phi) is 57.2. The van der Waals surface area contributed by atoms with E-state index >= 15 is 0 Å². The fourth-order valence-electron chi connectivity index (χ4n) is 9.52. The van der Waals surface area contributed by atoms with Gasteiger partial charge in [0.25, 0.3) is 0 Å². The molecule has 0 spiro atoms. The molecule has 0 aliphatic rings. The van der Waals surface area contributed by atoms with Crippen molar-refractivity contribution in [3.8, 4) is 0 Å². The fourth-order valence-corrected chi connectivity index (χ4v) is 11.1. The molecule has 5 atom stereocenters. The zero-order valence-electron chi connectivity index (χ0n) is 55.1. The molecule has 0 aliphatic heterocycles. The normalized spacial score (nSPS) is 14.4. The Hall–Kier alpha value is -2.46. The molecule has 3 N–H and O–H groups in total. The van der Waals surface area contributed by atoms with Crippen molar-refractivity contribution in [1.29, 1.82) is 0 Å². The lowest BCUT2D eigenvalue weighted by Gasteiger charge is -2.21. The number of ether oxygens (including phenoxy) is 4. The molecule has 0 bridgehead atoms. The van der Waals surface area contributed by atoms with Gasteiger partial charge in [-0.1, -0.05) is 258 Å². The third kappa shape index (κ3) is 60.5. The van der Waals surface area contributed by atoms with Crippen LogP contribution in [-0.4, -0.2) is 96.7 Å². The lowest BCUT2D eigenvalue weighted by Crippen LogP contribution is -2.30. The number of carbonyl (C=O) groups excluding carboxylic acids is 4. The van der Waals surface area contributed by atoms with E-state index in [-0.39, 0.29) is 25.7 Å². The summed E-state index contributed by atoms with van der Waals surface area (Å²) in [4.78, 5) is 72.3. The van der Waals surface area contributed by atoms with Crippen LogP contribution in [0.25, 0.3) is 0 Å². The van der Waals surface area contributed by atoms with Crippen LogP contribution in [0.4, 0.5) is 0 Å². The summed E-state index contributed by atoms with van der Waals surface area (Å²) in [5.74, 6) is -0.723. The average molecular weight is 1270 g/mol. The Labute approximate surface area is 522 Å². The van der Waals surface area contributed by atoms with Gasteiger partial charge in [-0.25, -0.2) is 9.13 Å². The molecule has 17 nitrogen and oxygen atoms in total. The first kappa shape index (κ1) is 83.5. The van der Waals surface area contributed by atoms with Gasteiger partial charge in [0.15, 0.2) is 12.2 Å². The van der Waals surface area contributed by atoms with Gasteiger partial charge < -0.3 is 33.8 Å². The number of rotatable bonds is 64. The Balaban J connectivity index is 5.28. The highest BCUT2D eigenvalue weighted by Gasteiger charge is 2.30. The second kappa shape index (κ2) is 58.9. The van der Waals surface area contributed by atoms with Crippen LogP contribution in [0, 0.1) is 11.8 Å². The third-order valence-corrected chi connectivity index (χ3v) is 16.7. The molecule has 0 aromatic heterocycles. The SMILES string of the molecule is CCCCCC/C=C\C=C/CCCCCCCC(=O)O[C@H](COC(=O)CCCCCCCCCCC(C)C)COP(=O)(O)OC[C@@H](O)COP(=O)(O)OC[C@@H](COC(=O)CCCCCCCCCCC)OC(=O)CCCCCCCCCCC(C)C. The third-order valence-electron chi connectivity index (χ3n) is 14.8. The zero-order chi connectivity index (χ0) is 63.6. The minimum atomic E-state index is -4.96. The summed E-state index contributed by atoms with van der Waals surface area (Å²) in [5.41, 5.74) is 0. The molecule has 0 heterocycles. The van der Waals surface area contributed by atoms with E-state index in [1.807, 2.05) is 0 Å². The minimum Gasteiger partial charge on any atom is -0.462 e. The van der Waals surface area contributed by atoms with E-state index in [0.717, 1.165) is 121 Å². The smallest absolute Gasteiger partial charge is 0.462 e. The Bertz CT molecular complexity index is 1780. The summed E-state index contributed by atoms with van der Waals surface area (Å²) in [6, 6.07) is 0. The summed E-state index contributed by atoms with van der Waals surface area (Å²) in [5, 5.41) is 10.5. The van der Waals surface area contributed by atoms with Crippen LogP contribution >= 0.6 is 15.6 Å². The highest BCUT2D eigenvalue weighted by molar-refractivity contribution is 7.47. The van der Waals surface area contributed by atoms with Gasteiger partial charge in [0, 0.05) is 25.7 Å². The first-order valence-corrected chi connectivity index (χ1v) is 37.3. The maximum absolute atomic E-state index is 13.0. The maximum atomic E-state index is 13.0. The number of phosphoric acid groups is 2. The summed E-state index contributed by atoms with van der Waals surface area (Å²) in [7, 11) is -9.90. The van der Waals surface area contributed by atoms with Crippen LogP contribution in [0.1, 0.15) is 311 Å². The van der Waals surface area contributed by atoms with E-state index in [4.69, 9.17) is 37.0 Å². The Morgan fingerprint density at radius 3 is 0.953 bits per heavy atom. The predicted molar refractivity (Wildman–Crippen MR) is 344 cm³/mol. The molecule has 19 heteroatoms. The van der Waals surface area contributed by atoms with Crippen molar-refractivity contribution in [2.75, 3.05) is 39.6 Å². The number of phosphoric ester groups is 2.